The number of hydrogen-bond acceptors (Lipinski definition) is 4. The number of nitrogens with zero attached hydrogens (tertiary/aromatic N) is 3. The molecule has 4 nitrogen and oxygen atoms in total. The molecule has 0 aliphatic rings. The van der Waals surface area contributed by atoms with Crippen LogP contribution in [0.3, 0.4) is 0 Å². The lowest BCUT2D eigenvalue weighted by Gasteiger charge is -2.22. The fourth-order valence-corrected chi connectivity index (χ4v) is 2.78. The lowest BCUT2D eigenvalue weighted by Crippen LogP contribution is -2.29. The number of benzene rings is 1. The first-order valence-electron chi connectivity index (χ1n) is 8.63. The van der Waals surface area contributed by atoms with Crippen molar-refractivity contribution in [1.82, 2.24) is 14.9 Å². The second kappa shape index (κ2) is 8.94. The van der Waals surface area contributed by atoms with E-state index in [1.165, 1.54) is 11.3 Å². The average Bonchev–Trinajstić information content (AvgIpc) is 2.65. The second-order valence-electron chi connectivity index (χ2n) is 6.09. The van der Waals surface area contributed by atoms with Gasteiger partial charge in [-0.2, -0.15) is 0 Å². The average molecular weight is 332 g/mol. The van der Waals surface area contributed by atoms with Gasteiger partial charge in [-0.1, -0.05) is 30.3 Å². The zero-order valence-electron chi connectivity index (χ0n) is 14.6. The Morgan fingerprint density at radius 1 is 0.800 bits per heavy atom. The minimum absolute atomic E-state index is 0.812. The lowest BCUT2D eigenvalue weighted by molar-refractivity contribution is 0.261. The van der Waals surface area contributed by atoms with Gasteiger partial charge in [0.15, 0.2) is 0 Å². The fraction of sp³-hybridized carbons (Fsp3) is 0.238. The van der Waals surface area contributed by atoms with Gasteiger partial charge in [0.05, 0.1) is 11.4 Å². The summed E-state index contributed by atoms with van der Waals surface area (Å²) in [6.07, 6.45) is 3.69. The Bertz CT molecular complexity index is 718. The SMILES string of the molecule is Cc1ccccc1NCCN(Cc1ccccn1)Cc1ccccn1. The van der Waals surface area contributed by atoms with E-state index < -0.39 is 0 Å². The van der Waals surface area contributed by atoms with E-state index in [0.717, 1.165) is 37.6 Å². The van der Waals surface area contributed by atoms with Crippen molar-refractivity contribution >= 4 is 5.69 Å². The van der Waals surface area contributed by atoms with Crippen molar-refractivity contribution in [2.24, 2.45) is 0 Å². The van der Waals surface area contributed by atoms with Crippen LogP contribution in [0.25, 0.3) is 0 Å². The third-order valence-corrected chi connectivity index (χ3v) is 4.11. The van der Waals surface area contributed by atoms with Crippen molar-refractivity contribution in [3.63, 3.8) is 0 Å². The van der Waals surface area contributed by atoms with Crippen molar-refractivity contribution in [2.45, 2.75) is 20.0 Å². The number of anilines is 1. The zero-order valence-corrected chi connectivity index (χ0v) is 14.6. The quantitative estimate of drug-likeness (QED) is 0.679. The van der Waals surface area contributed by atoms with Crippen LogP contribution in [0.2, 0.25) is 0 Å². The van der Waals surface area contributed by atoms with Gasteiger partial charge >= 0.3 is 0 Å². The highest BCUT2D eigenvalue weighted by atomic mass is 15.1. The van der Waals surface area contributed by atoms with Crippen molar-refractivity contribution in [1.29, 1.82) is 0 Å². The molecule has 2 heterocycles. The van der Waals surface area contributed by atoms with E-state index in [2.05, 4.69) is 63.5 Å². The summed E-state index contributed by atoms with van der Waals surface area (Å²) in [5, 5.41) is 3.53. The number of pyridine rings is 2. The number of para-hydroxylation sites is 1. The highest BCUT2D eigenvalue weighted by molar-refractivity contribution is 5.50. The molecule has 25 heavy (non-hydrogen) atoms. The molecular weight excluding hydrogens is 308 g/mol. The largest absolute Gasteiger partial charge is 0.384 e. The Labute approximate surface area is 149 Å². The van der Waals surface area contributed by atoms with E-state index in [1.54, 1.807) is 0 Å². The fourth-order valence-electron chi connectivity index (χ4n) is 2.78. The van der Waals surface area contributed by atoms with Crippen molar-refractivity contribution in [3.05, 3.63) is 90.0 Å². The smallest absolute Gasteiger partial charge is 0.0544 e. The monoisotopic (exact) mass is 332 g/mol. The first kappa shape index (κ1) is 17.1. The predicted molar refractivity (Wildman–Crippen MR) is 102 cm³/mol. The molecule has 3 rings (SSSR count). The number of aryl methyl sites for hydroxylation is 1. The van der Waals surface area contributed by atoms with Crippen LogP contribution in [0, 0.1) is 6.92 Å². The molecule has 2 aromatic heterocycles. The van der Waals surface area contributed by atoms with E-state index in [-0.39, 0.29) is 0 Å². The van der Waals surface area contributed by atoms with Crippen LogP contribution >= 0.6 is 0 Å². The minimum atomic E-state index is 0.812. The molecular formula is C21H24N4. The molecule has 0 spiro atoms. The second-order valence-corrected chi connectivity index (χ2v) is 6.09. The van der Waals surface area contributed by atoms with E-state index >= 15 is 0 Å². The number of aromatic nitrogens is 2. The summed E-state index contributed by atoms with van der Waals surface area (Å²) >= 11 is 0. The Morgan fingerprint density at radius 3 is 1.96 bits per heavy atom. The van der Waals surface area contributed by atoms with E-state index in [4.69, 9.17) is 0 Å². The molecule has 128 valence electrons. The van der Waals surface area contributed by atoms with Gasteiger partial charge in [-0.25, -0.2) is 0 Å². The van der Waals surface area contributed by atoms with Crippen LogP contribution < -0.4 is 5.32 Å². The highest BCUT2D eigenvalue weighted by Gasteiger charge is 2.09. The molecule has 0 amide bonds. The first-order chi connectivity index (χ1) is 12.3. The number of hydrogen-bond donors (Lipinski definition) is 1. The summed E-state index contributed by atoms with van der Waals surface area (Å²) in [5.74, 6) is 0. The molecule has 4 heteroatoms. The minimum Gasteiger partial charge on any atom is -0.384 e. The van der Waals surface area contributed by atoms with Gasteiger partial charge in [0.1, 0.15) is 0 Å². The summed E-state index contributed by atoms with van der Waals surface area (Å²) in [4.78, 5) is 11.3. The van der Waals surface area contributed by atoms with E-state index in [9.17, 15) is 0 Å². The predicted octanol–water partition coefficient (Wildman–Crippen LogP) is 3.90. The molecule has 0 atom stereocenters. The Balaban J connectivity index is 1.62. The molecule has 3 aromatic rings. The van der Waals surface area contributed by atoms with Crippen LogP contribution in [-0.4, -0.2) is 28.0 Å². The maximum Gasteiger partial charge on any atom is 0.0544 e. The summed E-state index contributed by atoms with van der Waals surface area (Å²) in [6, 6.07) is 20.5. The van der Waals surface area contributed by atoms with E-state index in [1.807, 2.05) is 36.7 Å². The maximum absolute atomic E-state index is 4.46. The Kier molecular flexibility index (Phi) is 6.12. The van der Waals surface area contributed by atoms with Crippen molar-refractivity contribution in [2.75, 3.05) is 18.4 Å². The van der Waals surface area contributed by atoms with Gasteiger partial charge in [-0.05, 0) is 42.8 Å². The number of rotatable bonds is 8. The summed E-state index contributed by atoms with van der Waals surface area (Å²) in [7, 11) is 0. The molecule has 0 bridgehead atoms. The Morgan fingerprint density at radius 2 is 1.40 bits per heavy atom. The van der Waals surface area contributed by atoms with Gasteiger partial charge in [0.2, 0.25) is 0 Å². The third kappa shape index (κ3) is 5.40. The van der Waals surface area contributed by atoms with E-state index in [0.29, 0.717) is 0 Å². The molecule has 0 unspecified atom stereocenters. The van der Waals surface area contributed by atoms with Crippen LogP contribution in [0.4, 0.5) is 5.69 Å². The van der Waals surface area contributed by atoms with Crippen LogP contribution in [-0.2, 0) is 13.1 Å². The standard InChI is InChI=1S/C21H24N4/c1-18-8-2-3-11-21(18)24-14-15-25(16-19-9-4-6-12-22-19)17-20-10-5-7-13-23-20/h2-13,24H,14-17H2,1H3. The van der Waals surface area contributed by atoms with Crippen LogP contribution in [0.5, 0.6) is 0 Å². The lowest BCUT2D eigenvalue weighted by atomic mass is 10.2. The molecule has 0 saturated carbocycles. The molecule has 0 saturated heterocycles. The molecule has 0 fully saturated rings. The summed E-state index contributed by atoms with van der Waals surface area (Å²) in [5.41, 5.74) is 4.62. The molecule has 0 radical (unpaired) electrons. The van der Waals surface area contributed by atoms with Crippen molar-refractivity contribution in [3.8, 4) is 0 Å². The van der Waals surface area contributed by atoms with Crippen molar-refractivity contribution < 1.29 is 0 Å². The molecule has 0 aliphatic heterocycles. The maximum atomic E-state index is 4.46. The van der Waals surface area contributed by atoms with Gasteiger partial charge in [-0.15, -0.1) is 0 Å². The topological polar surface area (TPSA) is 41.0 Å². The van der Waals surface area contributed by atoms with Crippen LogP contribution in [0.1, 0.15) is 17.0 Å². The number of nitrogens with one attached hydrogen (secondary N) is 1. The van der Waals surface area contributed by atoms with Gasteiger partial charge in [-0.3, -0.25) is 14.9 Å². The molecule has 1 aromatic carbocycles. The van der Waals surface area contributed by atoms with Crippen LogP contribution in [0.15, 0.2) is 73.1 Å². The normalized spacial score (nSPS) is 10.8. The summed E-state index contributed by atoms with van der Waals surface area (Å²) in [6.45, 7) is 5.55. The molecule has 0 aliphatic carbocycles. The summed E-state index contributed by atoms with van der Waals surface area (Å²) < 4.78 is 0. The highest BCUT2D eigenvalue weighted by Crippen LogP contribution is 2.13. The van der Waals surface area contributed by atoms with Gasteiger partial charge in [0.25, 0.3) is 0 Å². The zero-order chi connectivity index (χ0) is 17.3. The molecule has 1 N–H and O–H groups in total. The van der Waals surface area contributed by atoms with Gasteiger partial charge in [0, 0.05) is 44.3 Å². The first-order valence-corrected chi connectivity index (χ1v) is 8.63. The van der Waals surface area contributed by atoms with Gasteiger partial charge < -0.3 is 5.32 Å². The third-order valence-electron chi connectivity index (χ3n) is 4.11. The Hall–Kier alpha value is -2.72.